The third-order valence-corrected chi connectivity index (χ3v) is 3.51. The van der Waals surface area contributed by atoms with Crippen molar-refractivity contribution in [3.63, 3.8) is 0 Å². The zero-order valence-electron chi connectivity index (χ0n) is 11.9. The Morgan fingerprint density at radius 3 is 2.96 bits per heavy atom. The SMILES string of the molecule is Cc1cc(-c2nnc(SCC(=O)Nc3cccc(F)c3)o2)no1. The Hall–Kier alpha value is -2.68. The Labute approximate surface area is 134 Å². The van der Waals surface area contributed by atoms with Gasteiger partial charge in [-0.1, -0.05) is 23.0 Å². The largest absolute Gasteiger partial charge is 0.409 e. The predicted molar refractivity (Wildman–Crippen MR) is 80.3 cm³/mol. The van der Waals surface area contributed by atoms with E-state index in [-0.39, 0.29) is 22.8 Å². The molecule has 0 saturated carbocycles. The van der Waals surface area contributed by atoms with Crippen molar-refractivity contribution >= 4 is 23.4 Å². The van der Waals surface area contributed by atoms with Gasteiger partial charge >= 0.3 is 0 Å². The Morgan fingerprint density at radius 1 is 1.35 bits per heavy atom. The normalized spacial score (nSPS) is 10.7. The summed E-state index contributed by atoms with van der Waals surface area (Å²) in [5.74, 6) is 0.171. The molecule has 0 fully saturated rings. The van der Waals surface area contributed by atoms with E-state index in [9.17, 15) is 9.18 Å². The zero-order chi connectivity index (χ0) is 16.2. The number of nitrogens with one attached hydrogen (secondary N) is 1. The Balaban J connectivity index is 1.56. The topological polar surface area (TPSA) is 94.1 Å². The maximum atomic E-state index is 13.0. The van der Waals surface area contributed by atoms with Crippen molar-refractivity contribution in [1.29, 1.82) is 0 Å². The summed E-state index contributed by atoms with van der Waals surface area (Å²) in [5, 5.41) is 14.2. The van der Waals surface area contributed by atoms with Crippen molar-refractivity contribution in [1.82, 2.24) is 15.4 Å². The Bertz CT molecular complexity index is 833. The van der Waals surface area contributed by atoms with Crippen LogP contribution in [0.2, 0.25) is 0 Å². The molecule has 0 aliphatic rings. The van der Waals surface area contributed by atoms with Crippen molar-refractivity contribution in [3.05, 3.63) is 41.9 Å². The second-order valence-electron chi connectivity index (χ2n) is 4.54. The van der Waals surface area contributed by atoms with Crippen LogP contribution in [0.5, 0.6) is 0 Å². The van der Waals surface area contributed by atoms with Crippen molar-refractivity contribution in [2.45, 2.75) is 12.1 Å². The Morgan fingerprint density at radius 2 is 2.22 bits per heavy atom. The van der Waals surface area contributed by atoms with E-state index in [1.54, 1.807) is 19.1 Å². The lowest BCUT2D eigenvalue weighted by atomic mass is 10.3. The van der Waals surface area contributed by atoms with Gasteiger partial charge in [-0.3, -0.25) is 4.79 Å². The molecule has 2 aromatic heterocycles. The smallest absolute Gasteiger partial charge is 0.277 e. The Kier molecular flexibility index (Phi) is 4.38. The lowest BCUT2D eigenvalue weighted by Crippen LogP contribution is -2.14. The van der Waals surface area contributed by atoms with Crippen LogP contribution in [0.15, 0.2) is 44.5 Å². The van der Waals surface area contributed by atoms with E-state index in [4.69, 9.17) is 8.94 Å². The predicted octanol–water partition coefficient (Wildman–Crippen LogP) is 2.90. The molecule has 1 aromatic carbocycles. The van der Waals surface area contributed by atoms with Gasteiger partial charge in [0.25, 0.3) is 11.1 Å². The lowest BCUT2D eigenvalue weighted by molar-refractivity contribution is -0.113. The molecule has 0 unspecified atom stereocenters. The van der Waals surface area contributed by atoms with Crippen LogP contribution < -0.4 is 5.32 Å². The number of anilines is 1. The fourth-order valence-corrected chi connectivity index (χ4v) is 2.29. The van der Waals surface area contributed by atoms with Crippen LogP contribution >= 0.6 is 11.8 Å². The molecule has 0 spiro atoms. The van der Waals surface area contributed by atoms with Gasteiger partial charge in [-0.15, -0.1) is 10.2 Å². The molecule has 0 aliphatic heterocycles. The van der Waals surface area contributed by atoms with Gasteiger partial charge in [0.1, 0.15) is 11.6 Å². The van der Waals surface area contributed by atoms with E-state index in [1.165, 1.54) is 18.2 Å². The number of carbonyl (C=O) groups excluding carboxylic acids is 1. The summed E-state index contributed by atoms with van der Waals surface area (Å²) in [4.78, 5) is 11.8. The molecular weight excluding hydrogens is 323 g/mol. The first-order valence-corrected chi connectivity index (χ1v) is 7.54. The van der Waals surface area contributed by atoms with Crippen LogP contribution in [0.25, 0.3) is 11.6 Å². The number of rotatable bonds is 5. The third-order valence-electron chi connectivity index (χ3n) is 2.69. The second-order valence-corrected chi connectivity index (χ2v) is 5.47. The van der Waals surface area contributed by atoms with Gasteiger partial charge in [0.2, 0.25) is 5.91 Å². The van der Waals surface area contributed by atoms with Gasteiger partial charge in [-0.05, 0) is 25.1 Å². The minimum Gasteiger partial charge on any atom is -0.409 e. The fourth-order valence-electron chi connectivity index (χ4n) is 1.73. The first-order valence-electron chi connectivity index (χ1n) is 6.55. The average molecular weight is 334 g/mol. The van der Waals surface area contributed by atoms with Crippen molar-refractivity contribution in [2.24, 2.45) is 0 Å². The van der Waals surface area contributed by atoms with Gasteiger partial charge in [0.15, 0.2) is 5.69 Å². The molecule has 3 aromatic rings. The van der Waals surface area contributed by atoms with Crippen LogP contribution in [0.4, 0.5) is 10.1 Å². The quantitative estimate of drug-likeness (QED) is 0.717. The number of benzene rings is 1. The van der Waals surface area contributed by atoms with Crippen LogP contribution in [0.1, 0.15) is 5.76 Å². The van der Waals surface area contributed by atoms with E-state index >= 15 is 0 Å². The number of carbonyl (C=O) groups is 1. The maximum absolute atomic E-state index is 13.0. The summed E-state index contributed by atoms with van der Waals surface area (Å²) in [7, 11) is 0. The van der Waals surface area contributed by atoms with Gasteiger partial charge in [-0.25, -0.2) is 4.39 Å². The second kappa shape index (κ2) is 6.61. The van der Waals surface area contributed by atoms with E-state index in [0.717, 1.165) is 11.8 Å². The summed E-state index contributed by atoms with van der Waals surface area (Å²) >= 11 is 1.07. The summed E-state index contributed by atoms with van der Waals surface area (Å²) in [6.45, 7) is 1.75. The number of nitrogens with zero attached hydrogens (tertiary/aromatic N) is 3. The highest BCUT2D eigenvalue weighted by atomic mass is 32.2. The van der Waals surface area contributed by atoms with Crippen LogP contribution in [0, 0.1) is 12.7 Å². The highest BCUT2D eigenvalue weighted by Crippen LogP contribution is 2.23. The number of thioether (sulfide) groups is 1. The van der Waals surface area contributed by atoms with Gasteiger partial charge < -0.3 is 14.3 Å². The number of aromatic nitrogens is 3. The number of hydrogen-bond acceptors (Lipinski definition) is 7. The van der Waals surface area contributed by atoms with Gasteiger partial charge in [0.05, 0.1) is 5.75 Å². The summed E-state index contributed by atoms with van der Waals surface area (Å²) in [5.41, 5.74) is 0.825. The van der Waals surface area contributed by atoms with E-state index < -0.39 is 5.82 Å². The molecule has 0 bridgehead atoms. The summed E-state index contributed by atoms with van der Waals surface area (Å²) in [6, 6.07) is 7.32. The molecule has 1 amide bonds. The number of hydrogen-bond donors (Lipinski definition) is 1. The molecule has 0 atom stereocenters. The molecule has 7 nitrogen and oxygen atoms in total. The number of halogens is 1. The molecule has 23 heavy (non-hydrogen) atoms. The highest BCUT2D eigenvalue weighted by Gasteiger charge is 2.14. The number of amides is 1. The van der Waals surface area contributed by atoms with Crippen LogP contribution in [-0.4, -0.2) is 27.0 Å². The molecule has 9 heteroatoms. The number of aryl methyl sites for hydroxylation is 1. The maximum Gasteiger partial charge on any atom is 0.277 e. The lowest BCUT2D eigenvalue weighted by Gasteiger charge is -2.03. The van der Waals surface area contributed by atoms with Crippen molar-refractivity contribution < 1.29 is 18.1 Å². The first-order chi connectivity index (χ1) is 11.1. The zero-order valence-corrected chi connectivity index (χ0v) is 12.8. The van der Waals surface area contributed by atoms with Crippen LogP contribution in [-0.2, 0) is 4.79 Å². The minimum absolute atomic E-state index is 0.0516. The average Bonchev–Trinajstić information content (AvgIpc) is 3.14. The molecule has 118 valence electrons. The molecule has 0 aliphatic carbocycles. The fraction of sp³-hybridized carbons (Fsp3) is 0.143. The van der Waals surface area contributed by atoms with Crippen molar-refractivity contribution in [2.75, 3.05) is 11.1 Å². The van der Waals surface area contributed by atoms with E-state index in [1.807, 2.05) is 0 Å². The molecular formula is C14H11FN4O3S. The molecule has 1 N–H and O–H groups in total. The minimum atomic E-state index is -0.417. The third kappa shape index (κ3) is 3.95. The van der Waals surface area contributed by atoms with Crippen LogP contribution in [0.3, 0.4) is 0 Å². The summed E-state index contributed by atoms with van der Waals surface area (Å²) in [6.07, 6.45) is 0. The van der Waals surface area contributed by atoms with E-state index in [0.29, 0.717) is 17.1 Å². The first kappa shape index (κ1) is 15.2. The molecule has 0 saturated heterocycles. The van der Waals surface area contributed by atoms with Gasteiger partial charge in [0, 0.05) is 11.8 Å². The van der Waals surface area contributed by atoms with E-state index in [2.05, 4.69) is 20.7 Å². The van der Waals surface area contributed by atoms with Crippen molar-refractivity contribution in [3.8, 4) is 11.6 Å². The molecule has 2 heterocycles. The van der Waals surface area contributed by atoms with Gasteiger partial charge in [-0.2, -0.15) is 0 Å². The standard InChI is InChI=1S/C14H11FN4O3S/c1-8-5-11(19-22-8)13-17-18-14(21-13)23-7-12(20)16-10-4-2-3-9(15)6-10/h2-6H,7H2,1H3,(H,16,20). The summed E-state index contributed by atoms with van der Waals surface area (Å²) < 4.78 is 23.3. The highest BCUT2D eigenvalue weighted by molar-refractivity contribution is 7.99. The monoisotopic (exact) mass is 334 g/mol. The molecule has 3 rings (SSSR count). The molecule has 0 radical (unpaired) electrons.